The van der Waals surface area contributed by atoms with Crippen LogP contribution in [0.5, 0.6) is 0 Å². The number of benzene rings is 1. The Bertz CT molecular complexity index is 1120. The van der Waals surface area contributed by atoms with E-state index >= 15 is 0 Å². The Morgan fingerprint density at radius 2 is 1.87 bits per heavy atom. The van der Waals surface area contributed by atoms with Crippen LogP contribution >= 0.6 is 0 Å². The van der Waals surface area contributed by atoms with Crippen LogP contribution in [0.1, 0.15) is 17.3 Å². The monoisotopic (exact) mass is 532 g/mol. The number of nitrogens with one attached hydrogen (secondary N) is 2. The van der Waals surface area contributed by atoms with Gasteiger partial charge in [-0.05, 0) is 19.2 Å². The van der Waals surface area contributed by atoms with Crippen LogP contribution < -0.4 is 20.4 Å². The minimum atomic E-state index is -0.793. The van der Waals surface area contributed by atoms with Crippen LogP contribution in [0.4, 0.5) is 25.0 Å². The molecule has 0 spiro atoms. The predicted molar refractivity (Wildman–Crippen MR) is 135 cm³/mol. The summed E-state index contributed by atoms with van der Waals surface area (Å²) in [6, 6.07) is 5.63. The van der Waals surface area contributed by atoms with Crippen LogP contribution in [0.2, 0.25) is 0 Å². The lowest BCUT2D eigenvalue weighted by molar-refractivity contribution is -0.130. The molecule has 0 aliphatic carbocycles. The number of hydrogen-bond acceptors (Lipinski definition) is 8. The van der Waals surface area contributed by atoms with E-state index in [9.17, 15) is 28.0 Å². The van der Waals surface area contributed by atoms with Gasteiger partial charge in [0.2, 0.25) is 11.8 Å². The van der Waals surface area contributed by atoms with Gasteiger partial charge in [-0.2, -0.15) is 0 Å². The Hall–Kier alpha value is -4.13. The second kappa shape index (κ2) is 13.4. The molecule has 204 valence electrons. The molecule has 13 heteroatoms. The molecule has 1 aromatic heterocycles. The van der Waals surface area contributed by atoms with Crippen molar-refractivity contribution < 1.29 is 32.7 Å². The average Bonchev–Trinajstić information content (AvgIpc) is 3.29. The van der Waals surface area contributed by atoms with E-state index in [1.807, 2.05) is 0 Å². The SMILES string of the molecule is CNCC(=O)N1CCN(c2c(F)cc(N3CC(CNC(C)=O)OC3=O)cc2F)CC1.O=Cc1cccnc1. The Labute approximate surface area is 218 Å². The molecule has 3 heterocycles. The Morgan fingerprint density at radius 1 is 1.18 bits per heavy atom. The lowest BCUT2D eigenvalue weighted by Crippen LogP contribution is -2.51. The summed E-state index contributed by atoms with van der Waals surface area (Å²) in [5.74, 6) is -1.91. The molecule has 3 amide bonds. The van der Waals surface area contributed by atoms with Gasteiger partial charge in [-0.1, -0.05) is 0 Å². The number of nitrogens with zero attached hydrogens (tertiary/aromatic N) is 4. The van der Waals surface area contributed by atoms with Crippen molar-refractivity contribution in [3.8, 4) is 0 Å². The van der Waals surface area contributed by atoms with Gasteiger partial charge in [0, 0.05) is 63.2 Å². The summed E-state index contributed by atoms with van der Waals surface area (Å²) >= 11 is 0. The van der Waals surface area contributed by atoms with Crippen LogP contribution in [-0.4, -0.2) is 93.0 Å². The summed E-state index contributed by atoms with van der Waals surface area (Å²) in [6.07, 6.45) is 2.59. The molecule has 2 fully saturated rings. The Balaban J connectivity index is 0.000000427. The van der Waals surface area contributed by atoms with Crippen molar-refractivity contribution in [3.05, 3.63) is 53.9 Å². The fourth-order valence-corrected chi connectivity index (χ4v) is 3.99. The van der Waals surface area contributed by atoms with E-state index in [4.69, 9.17) is 4.74 Å². The van der Waals surface area contributed by atoms with Crippen LogP contribution in [0.3, 0.4) is 0 Å². The molecule has 1 atom stereocenters. The average molecular weight is 533 g/mol. The van der Waals surface area contributed by atoms with E-state index in [0.717, 1.165) is 23.3 Å². The molecule has 2 aromatic rings. The first-order valence-corrected chi connectivity index (χ1v) is 12.0. The number of hydrogen-bond donors (Lipinski definition) is 2. The van der Waals surface area contributed by atoms with E-state index in [-0.39, 0.29) is 42.8 Å². The topological polar surface area (TPSA) is 124 Å². The summed E-state index contributed by atoms with van der Waals surface area (Å²) in [6.45, 7) is 3.08. The summed E-state index contributed by atoms with van der Waals surface area (Å²) in [4.78, 5) is 53.1. The maximum absolute atomic E-state index is 14.8. The highest BCUT2D eigenvalue weighted by atomic mass is 19.1. The lowest BCUT2D eigenvalue weighted by atomic mass is 10.2. The quantitative estimate of drug-likeness (QED) is 0.510. The number of halogens is 2. The fraction of sp³-hybridized carbons (Fsp3) is 0.400. The van der Waals surface area contributed by atoms with E-state index in [2.05, 4.69) is 15.6 Å². The normalized spacial score (nSPS) is 16.9. The number of cyclic esters (lactones) is 1. The molecule has 2 saturated heterocycles. The Kier molecular flexibility index (Phi) is 10.0. The fourth-order valence-electron chi connectivity index (χ4n) is 3.99. The van der Waals surface area contributed by atoms with Gasteiger partial charge in [0.25, 0.3) is 0 Å². The van der Waals surface area contributed by atoms with Crippen molar-refractivity contribution in [2.45, 2.75) is 13.0 Å². The minimum Gasteiger partial charge on any atom is -0.442 e. The van der Waals surface area contributed by atoms with E-state index in [1.165, 1.54) is 13.1 Å². The molecule has 4 rings (SSSR count). The molecule has 2 aliphatic rings. The first-order chi connectivity index (χ1) is 18.2. The maximum atomic E-state index is 14.8. The second-order valence-corrected chi connectivity index (χ2v) is 8.61. The van der Waals surface area contributed by atoms with E-state index in [0.29, 0.717) is 31.7 Å². The van der Waals surface area contributed by atoms with Crippen LogP contribution in [0.25, 0.3) is 0 Å². The first kappa shape index (κ1) is 28.4. The van der Waals surface area contributed by atoms with Crippen molar-refractivity contribution in [2.75, 3.05) is 62.7 Å². The zero-order chi connectivity index (χ0) is 27.7. The molecule has 0 radical (unpaired) electrons. The largest absolute Gasteiger partial charge is 0.442 e. The highest BCUT2D eigenvalue weighted by molar-refractivity contribution is 5.90. The summed E-state index contributed by atoms with van der Waals surface area (Å²) in [5.41, 5.74) is 0.487. The van der Waals surface area contributed by atoms with Crippen molar-refractivity contribution >= 4 is 35.6 Å². The lowest BCUT2D eigenvalue weighted by Gasteiger charge is -2.36. The number of anilines is 2. The summed E-state index contributed by atoms with van der Waals surface area (Å²) in [5, 5.41) is 5.34. The smallest absolute Gasteiger partial charge is 0.414 e. The minimum absolute atomic E-state index is 0.0481. The highest BCUT2D eigenvalue weighted by Crippen LogP contribution is 2.31. The van der Waals surface area contributed by atoms with Gasteiger partial charge in [-0.3, -0.25) is 24.3 Å². The number of carbonyl (C=O) groups excluding carboxylic acids is 4. The zero-order valence-corrected chi connectivity index (χ0v) is 21.2. The van der Waals surface area contributed by atoms with Crippen molar-refractivity contribution in [1.82, 2.24) is 20.5 Å². The van der Waals surface area contributed by atoms with Crippen LogP contribution in [0, 0.1) is 11.6 Å². The van der Waals surface area contributed by atoms with Gasteiger partial charge in [0.15, 0.2) is 17.9 Å². The molecule has 2 N–H and O–H groups in total. The molecule has 2 aliphatic heterocycles. The van der Waals surface area contributed by atoms with Crippen LogP contribution in [0.15, 0.2) is 36.7 Å². The predicted octanol–water partition coefficient (Wildman–Crippen LogP) is 1.19. The Morgan fingerprint density at radius 3 is 2.39 bits per heavy atom. The number of rotatable bonds is 7. The number of piperazine rings is 1. The van der Waals surface area contributed by atoms with Gasteiger partial charge in [0.05, 0.1) is 25.3 Å². The summed E-state index contributed by atoms with van der Waals surface area (Å²) < 4.78 is 34.7. The molecule has 0 bridgehead atoms. The zero-order valence-electron chi connectivity index (χ0n) is 21.2. The van der Waals surface area contributed by atoms with Gasteiger partial charge < -0.3 is 25.2 Å². The number of ether oxygens (including phenoxy) is 1. The first-order valence-electron chi connectivity index (χ1n) is 12.0. The second-order valence-electron chi connectivity index (χ2n) is 8.61. The third kappa shape index (κ3) is 7.44. The van der Waals surface area contributed by atoms with Crippen molar-refractivity contribution in [2.24, 2.45) is 0 Å². The molecule has 1 aromatic carbocycles. The molecule has 11 nitrogen and oxygen atoms in total. The van der Waals surface area contributed by atoms with E-state index < -0.39 is 23.8 Å². The van der Waals surface area contributed by atoms with Gasteiger partial charge in [0.1, 0.15) is 11.8 Å². The standard InChI is InChI=1S/C19H25F2N5O4.C6H5NO/c1-12(27)23-9-14-11-26(19(29)30-14)13-7-15(20)18(16(21)8-13)25-5-3-24(4-6-25)17(28)10-22-2;8-5-6-2-1-3-7-4-6/h7-8,14,22H,3-6,9-11H2,1-2H3,(H,23,27);1-5H. The molecule has 1 unspecified atom stereocenters. The molecule has 0 saturated carbocycles. The van der Waals surface area contributed by atoms with Crippen LogP contribution in [-0.2, 0) is 14.3 Å². The highest BCUT2D eigenvalue weighted by Gasteiger charge is 2.34. The number of aromatic nitrogens is 1. The maximum Gasteiger partial charge on any atom is 0.414 e. The van der Waals surface area contributed by atoms with Crippen molar-refractivity contribution in [1.29, 1.82) is 0 Å². The van der Waals surface area contributed by atoms with Crippen molar-refractivity contribution in [3.63, 3.8) is 0 Å². The van der Waals surface area contributed by atoms with E-state index in [1.54, 1.807) is 35.2 Å². The number of likely N-dealkylation sites (N-methyl/N-ethyl adjacent to an activating group) is 1. The third-order valence-corrected chi connectivity index (χ3v) is 5.86. The number of amides is 3. The molecular weight excluding hydrogens is 502 g/mol. The number of aldehydes is 1. The third-order valence-electron chi connectivity index (χ3n) is 5.86. The number of pyridine rings is 1. The molecular formula is C25H30F2N6O5. The summed E-state index contributed by atoms with van der Waals surface area (Å²) in [7, 11) is 1.68. The molecule has 38 heavy (non-hydrogen) atoms. The van der Waals surface area contributed by atoms with Gasteiger partial charge in [-0.25, -0.2) is 13.6 Å². The van der Waals surface area contributed by atoms with Gasteiger partial charge in [-0.15, -0.1) is 0 Å². The number of carbonyl (C=O) groups is 4. The van der Waals surface area contributed by atoms with Gasteiger partial charge >= 0.3 is 6.09 Å².